The first-order chi connectivity index (χ1) is 9.66. The molecule has 1 atom stereocenters. The molecule has 1 unspecified atom stereocenters. The summed E-state index contributed by atoms with van der Waals surface area (Å²) in [6.07, 6.45) is 3.53. The SMILES string of the molecule is CC(Cl)C1CCN(C(=O)c2coc3ccccc23)CC1. The number of alkyl halides is 1. The van der Waals surface area contributed by atoms with Gasteiger partial charge in [-0.15, -0.1) is 11.6 Å². The molecule has 0 radical (unpaired) electrons. The molecule has 2 aromatic rings. The second-order valence-electron chi connectivity index (χ2n) is 5.45. The van der Waals surface area contributed by atoms with E-state index >= 15 is 0 Å². The zero-order valence-electron chi connectivity index (χ0n) is 11.5. The Morgan fingerprint density at radius 3 is 2.75 bits per heavy atom. The molecule has 3 nitrogen and oxygen atoms in total. The Balaban J connectivity index is 1.77. The predicted octanol–water partition coefficient (Wildman–Crippen LogP) is 3.91. The van der Waals surface area contributed by atoms with Gasteiger partial charge < -0.3 is 9.32 Å². The smallest absolute Gasteiger partial charge is 0.257 e. The van der Waals surface area contributed by atoms with Crippen molar-refractivity contribution in [3.8, 4) is 0 Å². The topological polar surface area (TPSA) is 33.5 Å². The van der Waals surface area contributed by atoms with Crippen LogP contribution in [0.1, 0.15) is 30.1 Å². The number of nitrogens with zero attached hydrogens (tertiary/aromatic N) is 1. The molecule has 0 spiro atoms. The van der Waals surface area contributed by atoms with E-state index in [-0.39, 0.29) is 11.3 Å². The largest absolute Gasteiger partial charge is 0.463 e. The molecule has 2 heterocycles. The normalized spacial score (nSPS) is 18.4. The number of halogens is 1. The third kappa shape index (κ3) is 2.42. The first-order valence-corrected chi connectivity index (χ1v) is 7.50. The van der Waals surface area contributed by atoms with Gasteiger partial charge in [-0.1, -0.05) is 18.2 Å². The van der Waals surface area contributed by atoms with Crippen LogP contribution in [0.5, 0.6) is 0 Å². The number of rotatable bonds is 2. The molecule has 1 saturated heterocycles. The lowest BCUT2D eigenvalue weighted by molar-refractivity contribution is 0.0691. The van der Waals surface area contributed by atoms with E-state index in [1.807, 2.05) is 36.1 Å². The van der Waals surface area contributed by atoms with Gasteiger partial charge in [0.1, 0.15) is 11.8 Å². The molecule has 1 fully saturated rings. The van der Waals surface area contributed by atoms with Crippen molar-refractivity contribution in [1.82, 2.24) is 4.90 Å². The Kier molecular flexibility index (Phi) is 3.70. The van der Waals surface area contributed by atoms with Gasteiger partial charge in [0.15, 0.2) is 0 Å². The van der Waals surface area contributed by atoms with Gasteiger partial charge in [-0.05, 0) is 31.7 Å². The van der Waals surface area contributed by atoms with Crippen molar-refractivity contribution < 1.29 is 9.21 Å². The quantitative estimate of drug-likeness (QED) is 0.786. The van der Waals surface area contributed by atoms with E-state index in [1.165, 1.54) is 0 Å². The van der Waals surface area contributed by atoms with Crippen molar-refractivity contribution >= 4 is 28.5 Å². The lowest BCUT2D eigenvalue weighted by Crippen LogP contribution is -2.39. The summed E-state index contributed by atoms with van der Waals surface area (Å²) in [5, 5.41) is 1.08. The lowest BCUT2D eigenvalue weighted by atomic mass is 9.93. The van der Waals surface area contributed by atoms with Crippen LogP contribution >= 0.6 is 11.6 Å². The van der Waals surface area contributed by atoms with Gasteiger partial charge >= 0.3 is 0 Å². The molecule has 1 aliphatic heterocycles. The summed E-state index contributed by atoms with van der Waals surface area (Å²) in [7, 11) is 0. The van der Waals surface area contributed by atoms with Crippen LogP contribution in [0.4, 0.5) is 0 Å². The number of amides is 1. The van der Waals surface area contributed by atoms with Gasteiger partial charge in [0.2, 0.25) is 0 Å². The summed E-state index contributed by atoms with van der Waals surface area (Å²) >= 11 is 6.14. The van der Waals surface area contributed by atoms with Crippen molar-refractivity contribution in [1.29, 1.82) is 0 Å². The molecule has 106 valence electrons. The van der Waals surface area contributed by atoms with Gasteiger partial charge in [-0.2, -0.15) is 0 Å². The van der Waals surface area contributed by atoms with Gasteiger partial charge in [0.25, 0.3) is 5.91 Å². The maximum absolute atomic E-state index is 12.6. The van der Waals surface area contributed by atoms with Crippen LogP contribution in [0.15, 0.2) is 34.9 Å². The van der Waals surface area contributed by atoms with Crippen molar-refractivity contribution in [3.63, 3.8) is 0 Å². The van der Waals surface area contributed by atoms with E-state index in [0.717, 1.165) is 36.9 Å². The van der Waals surface area contributed by atoms with Crippen LogP contribution in [-0.4, -0.2) is 29.3 Å². The number of piperidine rings is 1. The average Bonchev–Trinajstić information content (AvgIpc) is 2.90. The molecule has 0 N–H and O–H groups in total. The fourth-order valence-corrected chi connectivity index (χ4v) is 3.13. The van der Waals surface area contributed by atoms with Gasteiger partial charge in [-0.25, -0.2) is 0 Å². The summed E-state index contributed by atoms with van der Waals surface area (Å²) in [4.78, 5) is 14.5. The van der Waals surface area contributed by atoms with E-state index in [2.05, 4.69) is 0 Å². The molecule has 20 heavy (non-hydrogen) atoms. The number of likely N-dealkylation sites (tertiary alicyclic amines) is 1. The van der Waals surface area contributed by atoms with E-state index in [1.54, 1.807) is 6.26 Å². The molecule has 1 amide bonds. The van der Waals surface area contributed by atoms with Crippen LogP contribution in [0.2, 0.25) is 0 Å². The Morgan fingerprint density at radius 2 is 2.05 bits per heavy atom. The van der Waals surface area contributed by atoms with Crippen LogP contribution in [0.25, 0.3) is 11.0 Å². The number of carbonyl (C=O) groups excluding carboxylic acids is 1. The highest BCUT2D eigenvalue weighted by Crippen LogP contribution is 2.27. The molecule has 1 aliphatic rings. The summed E-state index contributed by atoms with van der Waals surface area (Å²) in [5.74, 6) is 0.581. The van der Waals surface area contributed by atoms with Crippen LogP contribution in [0, 0.1) is 5.92 Å². The maximum atomic E-state index is 12.6. The predicted molar refractivity (Wildman–Crippen MR) is 80.2 cm³/mol. The first kappa shape index (κ1) is 13.5. The number of hydrogen-bond donors (Lipinski definition) is 0. The second-order valence-corrected chi connectivity index (χ2v) is 6.14. The highest BCUT2D eigenvalue weighted by atomic mass is 35.5. The lowest BCUT2D eigenvalue weighted by Gasteiger charge is -2.33. The Labute approximate surface area is 123 Å². The van der Waals surface area contributed by atoms with Crippen LogP contribution in [0.3, 0.4) is 0 Å². The van der Waals surface area contributed by atoms with Crippen molar-refractivity contribution in [2.24, 2.45) is 5.92 Å². The van der Waals surface area contributed by atoms with E-state index in [9.17, 15) is 4.79 Å². The fraction of sp³-hybridized carbons (Fsp3) is 0.438. The molecule has 0 saturated carbocycles. The molecular formula is C16H18ClNO2. The van der Waals surface area contributed by atoms with Crippen molar-refractivity contribution in [3.05, 3.63) is 36.1 Å². The number of hydrogen-bond acceptors (Lipinski definition) is 2. The zero-order chi connectivity index (χ0) is 14.1. The van der Waals surface area contributed by atoms with Crippen molar-refractivity contribution in [2.45, 2.75) is 25.1 Å². The standard InChI is InChI=1S/C16H18ClNO2/c1-11(17)12-6-8-18(9-7-12)16(19)14-10-20-15-5-3-2-4-13(14)15/h2-5,10-12H,6-9H2,1H3. The Hall–Kier alpha value is -1.48. The third-order valence-corrected chi connectivity index (χ3v) is 4.54. The third-order valence-electron chi connectivity index (χ3n) is 4.19. The Morgan fingerprint density at radius 1 is 1.35 bits per heavy atom. The van der Waals surface area contributed by atoms with Crippen LogP contribution < -0.4 is 0 Å². The first-order valence-electron chi connectivity index (χ1n) is 7.06. The average molecular weight is 292 g/mol. The van der Waals surface area contributed by atoms with Crippen molar-refractivity contribution in [2.75, 3.05) is 13.1 Å². The summed E-state index contributed by atoms with van der Waals surface area (Å²) in [6.45, 7) is 3.59. The number of carbonyl (C=O) groups is 1. The molecule has 0 bridgehead atoms. The summed E-state index contributed by atoms with van der Waals surface area (Å²) in [6, 6.07) is 7.65. The monoisotopic (exact) mass is 291 g/mol. The number of para-hydroxylation sites is 1. The molecule has 1 aromatic carbocycles. The number of fused-ring (bicyclic) bond motifs is 1. The summed E-state index contributed by atoms with van der Waals surface area (Å²) in [5.41, 5.74) is 1.43. The van der Waals surface area contributed by atoms with E-state index in [0.29, 0.717) is 11.5 Å². The minimum Gasteiger partial charge on any atom is -0.463 e. The minimum atomic E-state index is 0.0654. The molecular weight excluding hydrogens is 274 g/mol. The van der Waals surface area contributed by atoms with Gasteiger partial charge in [0, 0.05) is 23.9 Å². The second kappa shape index (κ2) is 5.49. The molecule has 3 rings (SSSR count). The highest BCUT2D eigenvalue weighted by molar-refractivity contribution is 6.20. The summed E-state index contributed by atoms with van der Waals surface area (Å²) < 4.78 is 5.45. The number of furan rings is 1. The fourth-order valence-electron chi connectivity index (χ4n) is 2.88. The molecule has 0 aliphatic carbocycles. The minimum absolute atomic E-state index is 0.0654. The zero-order valence-corrected chi connectivity index (χ0v) is 12.3. The maximum Gasteiger partial charge on any atom is 0.257 e. The van der Waals surface area contributed by atoms with Gasteiger partial charge in [-0.3, -0.25) is 4.79 Å². The highest BCUT2D eigenvalue weighted by Gasteiger charge is 2.27. The Bertz CT molecular complexity index is 612. The molecule has 1 aromatic heterocycles. The van der Waals surface area contributed by atoms with E-state index < -0.39 is 0 Å². The van der Waals surface area contributed by atoms with Crippen LogP contribution in [-0.2, 0) is 0 Å². The van der Waals surface area contributed by atoms with Gasteiger partial charge in [0.05, 0.1) is 5.56 Å². The number of benzene rings is 1. The molecule has 4 heteroatoms. The van der Waals surface area contributed by atoms with E-state index in [4.69, 9.17) is 16.0 Å².